The average molecular weight is 255 g/mol. The summed E-state index contributed by atoms with van der Waals surface area (Å²) in [6.07, 6.45) is 0. The summed E-state index contributed by atoms with van der Waals surface area (Å²) in [7, 11) is 0. The molecule has 0 radical (unpaired) electrons. The van der Waals surface area contributed by atoms with E-state index in [-0.39, 0.29) is 10.6 Å². The van der Waals surface area contributed by atoms with Crippen LogP contribution in [0.1, 0.15) is 22.3 Å². The molecule has 0 N–H and O–H groups in total. The topological polar surface area (TPSA) is 43.1 Å². The summed E-state index contributed by atoms with van der Waals surface area (Å²) in [6.45, 7) is 7.97. The van der Waals surface area contributed by atoms with Crippen LogP contribution in [0.25, 0.3) is 11.1 Å². The van der Waals surface area contributed by atoms with Gasteiger partial charge in [-0.3, -0.25) is 10.1 Å². The van der Waals surface area contributed by atoms with Crippen molar-refractivity contribution in [2.75, 3.05) is 0 Å². The molecule has 3 heteroatoms. The normalized spacial score (nSPS) is 10.5. The number of rotatable bonds is 2. The molecule has 0 atom stereocenters. The SMILES string of the molecule is Cc1cc(C)c(-c2cccc([N+](=O)[O-])c2C)c(C)c1. The Morgan fingerprint density at radius 1 is 1.00 bits per heavy atom. The first kappa shape index (κ1) is 13.3. The molecule has 0 saturated carbocycles. The molecular weight excluding hydrogens is 238 g/mol. The molecule has 0 saturated heterocycles. The van der Waals surface area contributed by atoms with E-state index in [1.165, 1.54) is 5.56 Å². The smallest absolute Gasteiger partial charge is 0.258 e. The molecule has 0 amide bonds. The van der Waals surface area contributed by atoms with Crippen LogP contribution in [0.3, 0.4) is 0 Å². The molecule has 0 aliphatic rings. The lowest BCUT2D eigenvalue weighted by Gasteiger charge is -2.14. The second kappa shape index (κ2) is 4.84. The molecule has 0 aliphatic carbocycles. The Kier molecular flexibility index (Phi) is 3.38. The molecule has 0 aromatic heterocycles. The molecule has 0 unspecified atom stereocenters. The van der Waals surface area contributed by atoms with E-state index < -0.39 is 0 Å². The molecular formula is C16H17NO2. The molecule has 0 bridgehead atoms. The van der Waals surface area contributed by atoms with Gasteiger partial charge in [0.2, 0.25) is 0 Å². The molecule has 0 aliphatic heterocycles. The largest absolute Gasteiger partial charge is 0.272 e. The van der Waals surface area contributed by atoms with E-state index in [9.17, 15) is 10.1 Å². The molecule has 2 rings (SSSR count). The quantitative estimate of drug-likeness (QED) is 0.586. The predicted molar refractivity (Wildman–Crippen MR) is 77.5 cm³/mol. The molecule has 19 heavy (non-hydrogen) atoms. The van der Waals surface area contributed by atoms with Crippen LogP contribution >= 0.6 is 0 Å². The van der Waals surface area contributed by atoms with Gasteiger partial charge in [-0.05, 0) is 49.9 Å². The van der Waals surface area contributed by atoms with E-state index in [1.54, 1.807) is 12.1 Å². The van der Waals surface area contributed by atoms with Crippen molar-refractivity contribution in [1.82, 2.24) is 0 Å². The van der Waals surface area contributed by atoms with E-state index in [0.29, 0.717) is 0 Å². The minimum absolute atomic E-state index is 0.178. The van der Waals surface area contributed by atoms with Crippen molar-refractivity contribution < 1.29 is 4.92 Å². The standard InChI is InChI=1S/C16H17NO2/c1-10-8-11(2)16(12(3)9-10)14-6-5-7-15(13(14)4)17(18)19/h5-9H,1-4H3. The lowest BCUT2D eigenvalue weighted by Crippen LogP contribution is -1.96. The third kappa shape index (κ3) is 2.36. The first-order valence-corrected chi connectivity index (χ1v) is 6.24. The number of nitro benzene ring substituents is 1. The van der Waals surface area contributed by atoms with Gasteiger partial charge >= 0.3 is 0 Å². The minimum atomic E-state index is -0.322. The summed E-state index contributed by atoms with van der Waals surface area (Å²) in [5, 5.41) is 11.0. The lowest BCUT2D eigenvalue weighted by atomic mass is 9.91. The van der Waals surface area contributed by atoms with E-state index in [2.05, 4.69) is 19.1 Å². The zero-order valence-corrected chi connectivity index (χ0v) is 11.7. The number of benzene rings is 2. The van der Waals surface area contributed by atoms with Crippen LogP contribution in [-0.2, 0) is 0 Å². The first-order chi connectivity index (χ1) is 8.91. The summed E-state index contributed by atoms with van der Waals surface area (Å²) < 4.78 is 0. The van der Waals surface area contributed by atoms with Gasteiger partial charge in [-0.2, -0.15) is 0 Å². The van der Waals surface area contributed by atoms with Gasteiger partial charge in [0, 0.05) is 11.6 Å². The van der Waals surface area contributed by atoms with Crippen LogP contribution in [0.15, 0.2) is 30.3 Å². The Morgan fingerprint density at radius 3 is 2.11 bits per heavy atom. The summed E-state index contributed by atoms with van der Waals surface area (Å²) in [5.74, 6) is 0. The third-order valence-corrected chi connectivity index (χ3v) is 3.45. The molecule has 2 aromatic carbocycles. The van der Waals surface area contributed by atoms with E-state index in [1.807, 2.05) is 26.8 Å². The molecule has 0 spiro atoms. The molecule has 2 aromatic rings. The van der Waals surface area contributed by atoms with Crippen molar-refractivity contribution >= 4 is 5.69 Å². The second-order valence-electron chi connectivity index (χ2n) is 4.98. The van der Waals surface area contributed by atoms with Gasteiger partial charge in [-0.1, -0.05) is 29.8 Å². The van der Waals surface area contributed by atoms with Gasteiger partial charge in [0.1, 0.15) is 0 Å². The summed E-state index contributed by atoms with van der Waals surface area (Å²) >= 11 is 0. The molecule has 3 nitrogen and oxygen atoms in total. The maximum Gasteiger partial charge on any atom is 0.272 e. The van der Waals surface area contributed by atoms with Crippen LogP contribution in [0, 0.1) is 37.8 Å². The second-order valence-corrected chi connectivity index (χ2v) is 4.98. The summed E-state index contributed by atoms with van der Waals surface area (Å²) in [6, 6.07) is 9.48. The van der Waals surface area contributed by atoms with Crippen LogP contribution in [-0.4, -0.2) is 4.92 Å². The van der Waals surface area contributed by atoms with E-state index in [4.69, 9.17) is 0 Å². The van der Waals surface area contributed by atoms with Crippen molar-refractivity contribution in [3.8, 4) is 11.1 Å². The Hall–Kier alpha value is -2.16. The van der Waals surface area contributed by atoms with Crippen molar-refractivity contribution in [1.29, 1.82) is 0 Å². The molecule has 98 valence electrons. The van der Waals surface area contributed by atoms with Crippen molar-refractivity contribution in [3.05, 3.63) is 62.7 Å². The summed E-state index contributed by atoms with van der Waals surface area (Å²) in [5.41, 5.74) is 6.47. The maximum absolute atomic E-state index is 11.0. The zero-order valence-electron chi connectivity index (χ0n) is 11.7. The number of nitrogens with zero attached hydrogens (tertiary/aromatic N) is 1. The number of aryl methyl sites for hydroxylation is 3. The Bertz CT molecular complexity index is 637. The highest BCUT2D eigenvalue weighted by atomic mass is 16.6. The van der Waals surface area contributed by atoms with Crippen LogP contribution in [0.4, 0.5) is 5.69 Å². The van der Waals surface area contributed by atoms with Crippen LogP contribution < -0.4 is 0 Å². The highest BCUT2D eigenvalue weighted by Gasteiger charge is 2.16. The Balaban J connectivity index is 2.73. The number of nitro groups is 1. The fourth-order valence-corrected chi connectivity index (χ4v) is 2.70. The zero-order chi connectivity index (χ0) is 14.2. The predicted octanol–water partition coefficient (Wildman–Crippen LogP) is 4.50. The van der Waals surface area contributed by atoms with Gasteiger partial charge in [0.05, 0.1) is 4.92 Å². The third-order valence-electron chi connectivity index (χ3n) is 3.45. The van der Waals surface area contributed by atoms with Gasteiger partial charge < -0.3 is 0 Å². The van der Waals surface area contributed by atoms with E-state index in [0.717, 1.165) is 27.8 Å². The number of hydrogen-bond donors (Lipinski definition) is 0. The van der Waals surface area contributed by atoms with Crippen LogP contribution in [0.2, 0.25) is 0 Å². The van der Waals surface area contributed by atoms with Crippen molar-refractivity contribution in [3.63, 3.8) is 0 Å². The molecule has 0 heterocycles. The van der Waals surface area contributed by atoms with Crippen molar-refractivity contribution in [2.45, 2.75) is 27.7 Å². The lowest BCUT2D eigenvalue weighted by molar-refractivity contribution is -0.385. The highest BCUT2D eigenvalue weighted by molar-refractivity contribution is 5.76. The van der Waals surface area contributed by atoms with Gasteiger partial charge in [0.25, 0.3) is 5.69 Å². The Labute approximate surface area is 113 Å². The fraction of sp³-hybridized carbons (Fsp3) is 0.250. The number of hydrogen-bond acceptors (Lipinski definition) is 2. The fourth-order valence-electron chi connectivity index (χ4n) is 2.70. The maximum atomic E-state index is 11.0. The van der Waals surface area contributed by atoms with Crippen LogP contribution in [0.5, 0.6) is 0 Å². The first-order valence-electron chi connectivity index (χ1n) is 6.24. The van der Waals surface area contributed by atoms with Gasteiger partial charge in [0.15, 0.2) is 0 Å². The van der Waals surface area contributed by atoms with Gasteiger partial charge in [-0.25, -0.2) is 0 Å². The Morgan fingerprint density at radius 2 is 1.58 bits per heavy atom. The van der Waals surface area contributed by atoms with Gasteiger partial charge in [-0.15, -0.1) is 0 Å². The van der Waals surface area contributed by atoms with Crippen molar-refractivity contribution in [2.24, 2.45) is 0 Å². The molecule has 0 fully saturated rings. The highest BCUT2D eigenvalue weighted by Crippen LogP contribution is 2.34. The average Bonchev–Trinajstić information content (AvgIpc) is 2.29. The van der Waals surface area contributed by atoms with E-state index >= 15 is 0 Å². The minimum Gasteiger partial charge on any atom is -0.258 e. The monoisotopic (exact) mass is 255 g/mol. The summed E-state index contributed by atoms with van der Waals surface area (Å²) in [4.78, 5) is 10.7.